The predicted octanol–water partition coefficient (Wildman–Crippen LogP) is 4.51. The van der Waals surface area contributed by atoms with Crippen LogP contribution in [0.15, 0.2) is 41.4 Å². The molecule has 2 fully saturated rings. The highest BCUT2D eigenvalue weighted by Gasteiger charge is 2.35. The molecule has 0 N–H and O–H groups in total. The lowest BCUT2D eigenvalue weighted by molar-refractivity contribution is -0.134. The van der Waals surface area contributed by atoms with Gasteiger partial charge in [-0.3, -0.25) is 4.79 Å². The molecule has 0 radical (unpaired) electrons. The highest BCUT2D eigenvalue weighted by molar-refractivity contribution is 7.99. The maximum Gasteiger partial charge on any atom is 0.233 e. The lowest BCUT2D eigenvalue weighted by Gasteiger charge is -2.44. The normalized spacial score (nSPS) is 23.9. The maximum absolute atomic E-state index is 12.8. The highest BCUT2D eigenvalue weighted by atomic mass is 32.2. The Labute approximate surface area is 147 Å². The number of thioether (sulfide) groups is 1. The second-order valence-electron chi connectivity index (χ2n) is 6.97. The summed E-state index contributed by atoms with van der Waals surface area (Å²) in [7, 11) is 0. The van der Waals surface area contributed by atoms with Gasteiger partial charge >= 0.3 is 0 Å². The Balaban J connectivity index is 1.41. The van der Waals surface area contributed by atoms with Crippen LogP contribution in [-0.2, 0) is 4.79 Å². The third-order valence-electron chi connectivity index (χ3n) is 5.48. The van der Waals surface area contributed by atoms with E-state index in [-0.39, 0.29) is 0 Å². The van der Waals surface area contributed by atoms with Crippen molar-refractivity contribution in [3.05, 3.63) is 36.4 Å². The lowest BCUT2D eigenvalue weighted by atomic mass is 9.78. The fourth-order valence-corrected chi connectivity index (χ4v) is 5.05. The number of piperidine rings is 1. The molecule has 126 valence electrons. The minimum absolute atomic E-state index is 0.298. The summed E-state index contributed by atoms with van der Waals surface area (Å²) in [6.07, 6.45) is 7.63. The topological polar surface area (TPSA) is 33.2 Å². The molecule has 4 rings (SSSR count). The second-order valence-corrected chi connectivity index (χ2v) is 7.97. The van der Waals surface area contributed by atoms with E-state index in [1.54, 1.807) is 11.8 Å². The van der Waals surface area contributed by atoms with Crippen molar-refractivity contribution in [1.82, 2.24) is 9.88 Å². The van der Waals surface area contributed by atoms with Crippen LogP contribution < -0.4 is 0 Å². The maximum atomic E-state index is 12.8. The van der Waals surface area contributed by atoms with Gasteiger partial charge in [0.25, 0.3) is 0 Å². The first-order valence-electron chi connectivity index (χ1n) is 9.09. The van der Waals surface area contributed by atoms with E-state index in [9.17, 15) is 4.79 Å². The Kier molecular flexibility index (Phi) is 4.74. The molecule has 0 unspecified atom stereocenters. The smallest absolute Gasteiger partial charge is 0.233 e. The molecule has 2 aromatic rings. The average Bonchev–Trinajstić information content (AvgIpc) is 2.65. The summed E-state index contributed by atoms with van der Waals surface area (Å²) < 4.78 is 0. The first kappa shape index (κ1) is 15.9. The van der Waals surface area contributed by atoms with E-state index < -0.39 is 0 Å². The van der Waals surface area contributed by atoms with Crippen molar-refractivity contribution in [3.8, 4) is 0 Å². The first-order valence-corrected chi connectivity index (χ1v) is 10.1. The Morgan fingerprint density at radius 3 is 2.88 bits per heavy atom. The van der Waals surface area contributed by atoms with Gasteiger partial charge in [0.15, 0.2) is 0 Å². The quantitative estimate of drug-likeness (QED) is 0.771. The van der Waals surface area contributed by atoms with Crippen molar-refractivity contribution >= 4 is 28.6 Å². The van der Waals surface area contributed by atoms with Gasteiger partial charge in [0.1, 0.15) is 0 Å². The van der Waals surface area contributed by atoms with Gasteiger partial charge in [-0.2, -0.15) is 0 Å². The molecular weight excluding hydrogens is 316 g/mol. The van der Waals surface area contributed by atoms with Crippen LogP contribution in [0.2, 0.25) is 0 Å². The van der Waals surface area contributed by atoms with Crippen LogP contribution >= 0.6 is 11.8 Å². The van der Waals surface area contributed by atoms with E-state index in [1.807, 2.05) is 24.3 Å². The molecule has 2 aliphatic rings. The van der Waals surface area contributed by atoms with Crippen molar-refractivity contribution in [2.45, 2.75) is 49.6 Å². The predicted molar refractivity (Wildman–Crippen MR) is 99.2 cm³/mol. The highest BCUT2D eigenvalue weighted by Crippen LogP contribution is 2.35. The van der Waals surface area contributed by atoms with Crippen molar-refractivity contribution in [2.24, 2.45) is 5.92 Å². The third kappa shape index (κ3) is 3.30. The Morgan fingerprint density at radius 2 is 1.92 bits per heavy atom. The van der Waals surface area contributed by atoms with Gasteiger partial charge in [-0.1, -0.05) is 48.9 Å². The first-order chi connectivity index (χ1) is 11.8. The lowest BCUT2D eigenvalue weighted by Crippen LogP contribution is -2.50. The summed E-state index contributed by atoms with van der Waals surface area (Å²) in [5.41, 5.74) is 1.00. The van der Waals surface area contributed by atoms with Crippen molar-refractivity contribution in [1.29, 1.82) is 0 Å². The van der Waals surface area contributed by atoms with Gasteiger partial charge < -0.3 is 4.90 Å². The average molecular weight is 340 g/mol. The number of carbonyl (C=O) groups excluding carboxylic acids is 1. The molecule has 3 nitrogen and oxygen atoms in total. The molecule has 1 aliphatic carbocycles. The van der Waals surface area contributed by atoms with E-state index in [1.165, 1.54) is 38.5 Å². The number of carbonyl (C=O) groups is 1. The molecule has 2 atom stereocenters. The molecule has 0 bridgehead atoms. The number of aromatic nitrogens is 1. The number of likely N-dealkylation sites (tertiary alicyclic amines) is 1. The molecule has 1 aromatic carbocycles. The zero-order chi connectivity index (χ0) is 16.4. The number of hydrogen-bond acceptors (Lipinski definition) is 3. The number of nitrogens with zero attached hydrogens (tertiary/aromatic N) is 2. The van der Waals surface area contributed by atoms with Crippen LogP contribution in [0.25, 0.3) is 10.9 Å². The second kappa shape index (κ2) is 7.14. The SMILES string of the molecule is O=C(CSc1ccc2ccccc2n1)N1CCC[C@H]2CCCC[C@H]21. The van der Waals surface area contributed by atoms with Crippen molar-refractivity contribution < 1.29 is 4.79 Å². The largest absolute Gasteiger partial charge is 0.339 e. The summed E-state index contributed by atoms with van der Waals surface area (Å²) in [5.74, 6) is 1.56. The van der Waals surface area contributed by atoms with Crippen LogP contribution in [0.1, 0.15) is 38.5 Å². The molecule has 1 aromatic heterocycles. The van der Waals surface area contributed by atoms with Gasteiger partial charge in [0.05, 0.1) is 16.3 Å². The van der Waals surface area contributed by atoms with E-state index in [0.717, 1.165) is 28.4 Å². The van der Waals surface area contributed by atoms with Crippen LogP contribution in [0, 0.1) is 5.92 Å². The summed E-state index contributed by atoms with van der Waals surface area (Å²) in [4.78, 5) is 19.6. The minimum atomic E-state index is 0.298. The van der Waals surface area contributed by atoms with E-state index in [2.05, 4.69) is 22.0 Å². The number of pyridine rings is 1. The third-order valence-corrected chi connectivity index (χ3v) is 6.39. The fraction of sp³-hybridized carbons (Fsp3) is 0.500. The Bertz CT molecular complexity index is 730. The van der Waals surface area contributed by atoms with Crippen LogP contribution in [0.5, 0.6) is 0 Å². The van der Waals surface area contributed by atoms with E-state index in [4.69, 9.17) is 0 Å². The number of amides is 1. The number of rotatable bonds is 3. The van der Waals surface area contributed by atoms with Crippen LogP contribution in [0.3, 0.4) is 0 Å². The molecule has 2 heterocycles. The van der Waals surface area contributed by atoms with Gasteiger partial charge in [0.2, 0.25) is 5.91 Å². The molecular formula is C20H24N2OS. The summed E-state index contributed by atoms with van der Waals surface area (Å²) in [5, 5.41) is 2.09. The Hall–Kier alpha value is -1.55. The van der Waals surface area contributed by atoms with E-state index in [0.29, 0.717) is 17.7 Å². The molecule has 1 aliphatic heterocycles. The summed E-state index contributed by atoms with van der Waals surface area (Å²) in [6.45, 7) is 0.950. The summed E-state index contributed by atoms with van der Waals surface area (Å²) >= 11 is 1.57. The number of hydrogen-bond donors (Lipinski definition) is 0. The molecule has 1 saturated carbocycles. The molecule has 1 amide bonds. The van der Waals surface area contributed by atoms with Gasteiger partial charge in [-0.25, -0.2) is 4.98 Å². The summed E-state index contributed by atoms with van der Waals surface area (Å²) in [6, 6.07) is 12.7. The minimum Gasteiger partial charge on any atom is -0.339 e. The zero-order valence-electron chi connectivity index (χ0n) is 14.0. The van der Waals surface area contributed by atoms with Crippen LogP contribution in [0.4, 0.5) is 0 Å². The van der Waals surface area contributed by atoms with E-state index >= 15 is 0 Å². The monoisotopic (exact) mass is 340 g/mol. The van der Waals surface area contributed by atoms with Crippen molar-refractivity contribution in [2.75, 3.05) is 12.3 Å². The molecule has 1 saturated heterocycles. The number of fused-ring (bicyclic) bond motifs is 2. The fourth-order valence-electron chi connectivity index (χ4n) is 4.28. The number of para-hydroxylation sites is 1. The zero-order valence-corrected chi connectivity index (χ0v) is 14.8. The van der Waals surface area contributed by atoms with Crippen molar-refractivity contribution in [3.63, 3.8) is 0 Å². The van der Waals surface area contributed by atoms with Crippen LogP contribution in [-0.4, -0.2) is 34.1 Å². The molecule has 0 spiro atoms. The molecule has 24 heavy (non-hydrogen) atoms. The van der Waals surface area contributed by atoms with Gasteiger partial charge in [-0.05, 0) is 43.7 Å². The molecule has 4 heteroatoms. The standard InChI is InChI=1S/C20H24N2OS/c23-20(22-13-5-8-16-7-2-4-10-18(16)22)14-24-19-12-11-15-6-1-3-9-17(15)21-19/h1,3,6,9,11-12,16,18H,2,4-5,7-8,10,13-14H2/t16-,18-/m1/s1. The van der Waals surface area contributed by atoms with Gasteiger partial charge in [-0.15, -0.1) is 0 Å². The number of benzene rings is 1. The van der Waals surface area contributed by atoms with Gasteiger partial charge in [0, 0.05) is 18.0 Å². The Morgan fingerprint density at radius 1 is 1.08 bits per heavy atom.